The zero-order valence-electron chi connectivity index (χ0n) is 16.6. The topological polar surface area (TPSA) is 59.4 Å². The average Bonchev–Trinajstić information content (AvgIpc) is 3.22. The summed E-state index contributed by atoms with van der Waals surface area (Å²) in [4.78, 5) is 17.4. The number of imidazole rings is 1. The third kappa shape index (κ3) is 6.54. The highest BCUT2D eigenvalue weighted by molar-refractivity contribution is 6.30. The van der Waals surface area contributed by atoms with Crippen LogP contribution in [0.2, 0.25) is 5.02 Å². The number of hydrogen-bond acceptors (Lipinski definition) is 3. The number of rotatable bonds is 8. The van der Waals surface area contributed by atoms with Gasteiger partial charge in [0.05, 0.1) is 12.9 Å². The Kier molecular flexibility index (Phi) is 7.14. The van der Waals surface area contributed by atoms with Crippen LogP contribution in [0.3, 0.4) is 0 Å². The van der Waals surface area contributed by atoms with Crippen LogP contribution in [0.15, 0.2) is 67.3 Å². The number of amides is 2. The van der Waals surface area contributed by atoms with Gasteiger partial charge in [0.15, 0.2) is 0 Å². The van der Waals surface area contributed by atoms with E-state index in [1.54, 1.807) is 26.6 Å². The van der Waals surface area contributed by atoms with Gasteiger partial charge >= 0.3 is 6.03 Å². The molecule has 3 rings (SSSR count). The highest BCUT2D eigenvalue weighted by Gasteiger charge is 2.13. The van der Waals surface area contributed by atoms with Gasteiger partial charge in [0, 0.05) is 37.2 Å². The first-order valence-corrected chi connectivity index (χ1v) is 9.82. The second-order valence-electron chi connectivity index (χ2n) is 7.01. The molecule has 0 saturated heterocycles. The second-order valence-corrected chi connectivity index (χ2v) is 7.45. The number of carbonyl (C=O) groups is 1. The minimum Gasteiger partial charge on any atom is -0.489 e. The van der Waals surface area contributed by atoms with Crippen molar-refractivity contribution >= 4 is 23.3 Å². The number of urea groups is 1. The minimum atomic E-state index is -0.167. The smallest absolute Gasteiger partial charge is 0.321 e. The van der Waals surface area contributed by atoms with Gasteiger partial charge in [0.25, 0.3) is 0 Å². The Morgan fingerprint density at radius 2 is 1.90 bits per heavy atom. The number of nitrogens with zero attached hydrogens (tertiary/aromatic N) is 3. The summed E-state index contributed by atoms with van der Waals surface area (Å²) in [5, 5.41) is 3.56. The van der Waals surface area contributed by atoms with E-state index >= 15 is 0 Å². The quantitative estimate of drug-likeness (QED) is 0.582. The third-order valence-corrected chi connectivity index (χ3v) is 4.71. The fraction of sp³-hybridized carbons (Fsp3) is 0.273. The lowest BCUT2D eigenvalue weighted by Gasteiger charge is -2.20. The molecule has 0 spiro atoms. The van der Waals surface area contributed by atoms with E-state index in [1.165, 1.54) is 10.5 Å². The molecule has 2 aromatic carbocycles. The van der Waals surface area contributed by atoms with E-state index in [9.17, 15) is 4.79 Å². The SMILES string of the molecule is CN(C)C(=O)Nc1ccc(OC(CCc2ccc(Cl)cc2)Cn2ccnc2)cc1. The highest BCUT2D eigenvalue weighted by Crippen LogP contribution is 2.20. The number of carbonyl (C=O) groups excluding carboxylic acids is 1. The molecule has 29 heavy (non-hydrogen) atoms. The van der Waals surface area contributed by atoms with Gasteiger partial charge in [-0.3, -0.25) is 0 Å². The van der Waals surface area contributed by atoms with Crippen LogP contribution in [0.4, 0.5) is 10.5 Å². The Morgan fingerprint density at radius 1 is 1.17 bits per heavy atom. The van der Waals surface area contributed by atoms with Crippen molar-refractivity contribution in [1.82, 2.24) is 14.5 Å². The number of aryl methyl sites for hydroxylation is 1. The summed E-state index contributed by atoms with van der Waals surface area (Å²) < 4.78 is 8.25. The van der Waals surface area contributed by atoms with E-state index < -0.39 is 0 Å². The molecule has 0 aliphatic heterocycles. The maximum absolute atomic E-state index is 11.8. The number of anilines is 1. The van der Waals surface area contributed by atoms with Crippen LogP contribution in [0, 0.1) is 0 Å². The van der Waals surface area contributed by atoms with Gasteiger partial charge in [0.2, 0.25) is 0 Å². The lowest BCUT2D eigenvalue weighted by atomic mass is 10.1. The number of hydrogen-bond donors (Lipinski definition) is 1. The molecule has 1 atom stereocenters. The predicted octanol–water partition coefficient (Wildman–Crippen LogP) is 4.71. The van der Waals surface area contributed by atoms with Crippen molar-refractivity contribution in [3.05, 3.63) is 77.8 Å². The fourth-order valence-corrected chi connectivity index (χ4v) is 2.97. The number of ether oxygens (including phenoxy) is 1. The summed E-state index contributed by atoms with van der Waals surface area (Å²) >= 11 is 5.97. The van der Waals surface area contributed by atoms with E-state index in [1.807, 2.05) is 59.3 Å². The van der Waals surface area contributed by atoms with Gasteiger partial charge in [0.1, 0.15) is 11.9 Å². The number of benzene rings is 2. The molecule has 2 amide bonds. The Labute approximate surface area is 176 Å². The summed E-state index contributed by atoms with van der Waals surface area (Å²) in [7, 11) is 3.41. The highest BCUT2D eigenvalue weighted by atomic mass is 35.5. The maximum atomic E-state index is 11.8. The van der Waals surface area contributed by atoms with Crippen molar-refractivity contribution in [2.75, 3.05) is 19.4 Å². The normalized spacial score (nSPS) is 11.7. The minimum absolute atomic E-state index is 0.0258. The molecule has 3 aromatic rings. The van der Waals surface area contributed by atoms with E-state index in [0.29, 0.717) is 6.54 Å². The van der Waals surface area contributed by atoms with E-state index in [4.69, 9.17) is 16.3 Å². The van der Waals surface area contributed by atoms with E-state index in [0.717, 1.165) is 29.3 Å². The van der Waals surface area contributed by atoms with Crippen molar-refractivity contribution in [3.8, 4) is 5.75 Å². The Hall–Kier alpha value is -2.99. The van der Waals surface area contributed by atoms with Gasteiger partial charge in [-0.2, -0.15) is 0 Å². The van der Waals surface area contributed by atoms with Crippen LogP contribution in [0.1, 0.15) is 12.0 Å². The van der Waals surface area contributed by atoms with Crippen molar-refractivity contribution in [1.29, 1.82) is 0 Å². The van der Waals surface area contributed by atoms with Crippen LogP contribution < -0.4 is 10.1 Å². The molecule has 1 heterocycles. The summed E-state index contributed by atoms with van der Waals surface area (Å²) in [6, 6.07) is 15.1. The number of halogens is 1. The van der Waals surface area contributed by atoms with Gasteiger partial charge in [-0.1, -0.05) is 23.7 Å². The number of aromatic nitrogens is 2. The molecule has 1 N–H and O–H groups in total. The zero-order valence-corrected chi connectivity index (χ0v) is 17.3. The molecule has 0 fully saturated rings. The number of nitrogens with one attached hydrogen (secondary N) is 1. The lowest BCUT2D eigenvalue weighted by molar-refractivity contribution is 0.170. The van der Waals surface area contributed by atoms with Crippen molar-refractivity contribution < 1.29 is 9.53 Å². The molecule has 0 aliphatic rings. The summed E-state index contributed by atoms with van der Waals surface area (Å²) in [5.74, 6) is 0.758. The first-order chi connectivity index (χ1) is 14.0. The standard InChI is InChI=1S/C22H25ClN4O2/c1-26(2)22(28)25-19-8-11-20(12-9-19)29-21(15-27-14-13-24-16-27)10-5-17-3-6-18(23)7-4-17/h3-4,6-9,11-14,16,21H,5,10,15H2,1-2H3,(H,25,28). The van der Waals surface area contributed by atoms with E-state index in [-0.39, 0.29) is 12.1 Å². The van der Waals surface area contributed by atoms with Gasteiger partial charge < -0.3 is 19.5 Å². The Morgan fingerprint density at radius 3 is 2.52 bits per heavy atom. The third-order valence-electron chi connectivity index (χ3n) is 4.46. The summed E-state index contributed by atoms with van der Waals surface area (Å²) in [6.07, 6.45) is 7.18. The van der Waals surface area contributed by atoms with Crippen molar-refractivity contribution in [2.45, 2.75) is 25.5 Å². The predicted molar refractivity (Wildman–Crippen MR) is 116 cm³/mol. The van der Waals surface area contributed by atoms with Crippen molar-refractivity contribution in [2.24, 2.45) is 0 Å². The summed E-state index contributed by atoms with van der Waals surface area (Å²) in [6.45, 7) is 0.701. The Balaban J connectivity index is 1.64. The van der Waals surface area contributed by atoms with Crippen LogP contribution in [0.25, 0.3) is 0 Å². The lowest BCUT2D eigenvalue weighted by Crippen LogP contribution is -2.27. The van der Waals surface area contributed by atoms with Crippen LogP contribution in [0.5, 0.6) is 5.75 Å². The van der Waals surface area contributed by atoms with Gasteiger partial charge in [-0.15, -0.1) is 0 Å². The molecule has 6 nitrogen and oxygen atoms in total. The average molecular weight is 413 g/mol. The maximum Gasteiger partial charge on any atom is 0.321 e. The van der Waals surface area contributed by atoms with Gasteiger partial charge in [-0.25, -0.2) is 9.78 Å². The fourth-order valence-electron chi connectivity index (χ4n) is 2.84. The molecule has 1 unspecified atom stereocenters. The molecule has 1 aromatic heterocycles. The zero-order chi connectivity index (χ0) is 20.6. The first kappa shape index (κ1) is 20.7. The molecule has 0 radical (unpaired) electrons. The van der Waals surface area contributed by atoms with Crippen molar-refractivity contribution in [3.63, 3.8) is 0 Å². The largest absolute Gasteiger partial charge is 0.489 e. The molecule has 7 heteroatoms. The molecule has 0 bridgehead atoms. The molecular formula is C22H25ClN4O2. The van der Waals surface area contributed by atoms with Gasteiger partial charge in [-0.05, 0) is 54.8 Å². The Bertz CT molecular complexity index is 894. The van der Waals surface area contributed by atoms with Crippen LogP contribution >= 0.6 is 11.6 Å². The monoisotopic (exact) mass is 412 g/mol. The molecule has 152 valence electrons. The van der Waals surface area contributed by atoms with Crippen LogP contribution in [-0.4, -0.2) is 40.7 Å². The molecule has 0 saturated carbocycles. The second kappa shape index (κ2) is 9.98. The molecular weight excluding hydrogens is 388 g/mol. The summed E-state index contributed by atoms with van der Waals surface area (Å²) in [5.41, 5.74) is 1.94. The first-order valence-electron chi connectivity index (χ1n) is 9.45. The van der Waals surface area contributed by atoms with Crippen LogP contribution in [-0.2, 0) is 13.0 Å². The van der Waals surface area contributed by atoms with E-state index in [2.05, 4.69) is 10.3 Å². The molecule has 0 aliphatic carbocycles.